The van der Waals surface area contributed by atoms with E-state index in [1.807, 2.05) is 56.6 Å². The molecule has 0 spiro atoms. The molecule has 2 rings (SSSR count). The lowest BCUT2D eigenvalue weighted by Crippen LogP contribution is -2.30. The summed E-state index contributed by atoms with van der Waals surface area (Å²) in [5.41, 5.74) is 1.77. The normalized spacial score (nSPS) is 13.0. The Hall–Kier alpha value is -1.53. The first-order chi connectivity index (χ1) is 11.1. The molecule has 4 heteroatoms. The van der Waals surface area contributed by atoms with Crippen LogP contribution >= 0.6 is 24.0 Å². The minimum Gasteiger partial charge on any atom is -0.309 e. The van der Waals surface area contributed by atoms with Gasteiger partial charge in [0.25, 0.3) is 0 Å². The molecule has 0 heterocycles. The molecule has 0 amide bonds. The van der Waals surface area contributed by atoms with Crippen LogP contribution in [0, 0.1) is 11.3 Å². The highest BCUT2D eigenvalue weighted by atomic mass is 35.5. The second-order valence-electron chi connectivity index (χ2n) is 6.24. The van der Waals surface area contributed by atoms with Gasteiger partial charge in [-0.05, 0) is 63.2 Å². The summed E-state index contributed by atoms with van der Waals surface area (Å²) in [6, 6.07) is 20.7. The molecular weight excluding hydrogens is 339 g/mol. The van der Waals surface area contributed by atoms with E-state index in [1.54, 1.807) is 0 Å². The predicted octanol–water partition coefficient (Wildman–Crippen LogP) is 5.11. The van der Waals surface area contributed by atoms with Gasteiger partial charge in [-0.1, -0.05) is 54.1 Å². The largest absolute Gasteiger partial charge is 0.309 e. The summed E-state index contributed by atoms with van der Waals surface area (Å²) in [4.78, 5) is 2.12. The Balaban J connectivity index is 0.00000288. The zero-order chi connectivity index (χ0) is 16.7. The number of hydrogen-bond donors (Lipinski definition) is 0. The van der Waals surface area contributed by atoms with E-state index in [1.165, 1.54) is 5.56 Å². The number of hydrogen-bond acceptors (Lipinski definition) is 2. The monoisotopic (exact) mass is 362 g/mol. The molecular formula is C20H24Cl2N2. The highest BCUT2D eigenvalue weighted by Crippen LogP contribution is 2.34. The summed E-state index contributed by atoms with van der Waals surface area (Å²) >= 11 is 6.17. The molecule has 2 nitrogen and oxygen atoms in total. The number of nitriles is 1. The molecule has 1 atom stereocenters. The van der Waals surface area contributed by atoms with Crippen molar-refractivity contribution in [3.05, 3.63) is 70.7 Å². The van der Waals surface area contributed by atoms with Gasteiger partial charge in [0.1, 0.15) is 0 Å². The van der Waals surface area contributed by atoms with E-state index >= 15 is 0 Å². The maximum absolute atomic E-state index is 10.0. The van der Waals surface area contributed by atoms with Crippen LogP contribution in [0.2, 0.25) is 5.02 Å². The Kier molecular flexibility index (Phi) is 8.28. The average Bonchev–Trinajstić information content (AvgIpc) is 2.56. The fourth-order valence-corrected chi connectivity index (χ4v) is 2.98. The van der Waals surface area contributed by atoms with Gasteiger partial charge >= 0.3 is 0 Å². The molecule has 0 aromatic heterocycles. The van der Waals surface area contributed by atoms with Crippen molar-refractivity contribution in [2.75, 3.05) is 20.6 Å². The zero-order valence-corrected chi connectivity index (χ0v) is 15.8. The molecule has 128 valence electrons. The van der Waals surface area contributed by atoms with Crippen LogP contribution in [0.1, 0.15) is 24.0 Å². The topological polar surface area (TPSA) is 27.0 Å². The summed E-state index contributed by atoms with van der Waals surface area (Å²) < 4.78 is 0. The van der Waals surface area contributed by atoms with Crippen molar-refractivity contribution in [1.29, 1.82) is 5.26 Å². The number of benzene rings is 2. The van der Waals surface area contributed by atoms with Gasteiger partial charge in [-0.3, -0.25) is 0 Å². The van der Waals surface area contributed by atoms with Crippen LogP contribution in [0.15, 0.2) is 54.6 Å². The highest BCUT2D eigenvalue weighted by Gasteiger charge is 2.32. The Morgan fingerprint density at radius 3 is 2.33 bits per heavy atom. The Morgan fingerprint density at radius 2 is 1.75 bits per heavy atom. The average molecular weight is 363 g/mol. The highest BCUT2D eigenvalue weighted by molar-refractivity contribution is 6.30. The summed E-state index contributed by atoms with van der Waals surface area (Å²) in [6.45, 7) is 0.870. The molecule has 0 radical (unpaired) electrons. The van der Waals surface area contributed by atoms with Crippen LogP contribution in [0.25, 0.3) is 0 Å². The van der Waals surface area contributed by atoms with Crippen molar-refractivity contribution in [2.24, 2.45) is 0 Å². The smallest absolute Gasteiger partial charge is 0.0838 e. The number of aryl methyl sites for hydroxylation is 1. The molecule has 0 aliphatic rings. The van der Waals surface area contributed by atoms with Crippen LogP contribution in [0.4, 0.5) is 0 Å². The van der Waals surface area contributed by atoms with Gasteiger partial charge in [0.15, 0.2) is 0 Å². The summed E-state index contributed by atoms with van der Waals surface area (Å²) in [5.74, 6) is 0. The van der Waals surface area contributed by atoms with Crippen LogP contribution in [0.5, 0.6) is 0 Å². The van der Waals surface area contributed by atoms with Crippen molar-refractivity contribution in [2.45, 2.75) is 24.7 Å². The van der Waals surface area contributed by atoms with Crippen molar-refractivity contribution >= 4 is 24.0 Å². The van der Waals surface area contributed by atoms with Gasteiger partial charge in [-0.25, -0.2) is 0 Å². The van der Waals surface area contributed by atoms with Gasteiger partial charge in [0.2, 0.25) is 0 Å². The first-order valence-electron chi connectivity index (χ1n) is 7.92. The second kappa shape index (κ2) is 9.69. The predicted molar refractivity (Wildman–Crippen MR) is 104 cm³/mol. The SMILES string of the molecule is CN(C)CCC(C#N)(CCc1ccccc1)c1cccc(Cl)c1.Cl. The molecule has 24 heavy (non-hydrogen) atoms. The maximum atomic E-state index is 10.0. The molecule has 1 unspecified atom stereocenters. The minimum atomic E-state index is -0.509. The Labute approximate surface area is 156 Å². The first kappa shape index (κ1) is 20.5. The van der Waals surface area contributed by atoms with Crippen LogP contribution in [-0.2, 0) is 11.8 Å². The van der Waals surface area contributed by atoms with E-state index in [4.69, 9.17) is 11.6 Å². The molecule has 0 aliphatic carbocycles. The van der Waals surface area contributed by atoms with Crippen LogP contribution < -0.4 is 0 Å². The molecule has 2 aromatic rings. The molecule has 2 aromatic carbocycles. The third kappa shape index (κ3) is 5.53. The zero-order valence-electron chi connectivity index (χ0n) is 14.2. The lowest BCUT2D eigenvalue weighted by atomic mass is 9.74. The van der Waals surface area contributed by atoms with E-state index in [9.17, 15) is 5.26 Å². The Bertz CT molecular complexity index is 665. The van der Waals surface area contributed by atoms with Crippen LogP contribution in [0.3, 0.4) is 0 Å². The number of halogens is 2. The van der Waals surface area contributed by atoms with Gasteiger partial charge in [-0.15, -0.1) is 12.4 Å². The van der Waals surface area contributed by atoms with E-state index < -0.39 is 5.41 Å². The van der Waals surface area contributed by atoms with Gasteiger partial charge in [0, 0.05) is 5.02 Å². The van der Waals surface area contributed by atoms with Crippen LogP contribution in [-0.4, -0.2) is 25.5 Å². The lowest BCUT2D eigenvalue weighted by molar-refractivity contribution is 0.342. The third-order valence-corrected chi connectivity index (χ3v) is 4.50. The van der Waals surface area contributed by atoms with E-state index in [0.29, 0.717) is 5.02 Å². The molecule has 0 saturated heterocycles. The Morgan fingerprint density at radius 1 is 1.04 bits per heavy atom. The molecule has 0 N–H and O–H groups in total. The fourth-order valence-electron chi connectivity index (χ4n) is 2.79. The van der Waals surface area contributed by atoms with Gasteiger partial charge in [0.05, 0.1) is 11.5 Å². The molecule has 0 bridgehead atoms. The van der Waals surface area contributed by atoms with Crippen molar-refractivity contribution in [1.82, 2.24) is 4.90 Å². The summed E-state index contributed by atoms with van der Waals surface area (Å²) in [6.07, 6.45) is 2.47. The van der Waals surface area contributed by atoms with Gasteiger partial charge < -0.3 is 4.90 Å². The molecule has 0 saturated carbocycles. The summed E-state index contributed by atoms with van der Waals surface area (Å²) in [5, 5.41) is 10.7. The van der Waals surface area contributed by atoms with Crippen molar-refractivity contribution in [3.63, 3.8) is 0 Å². The van der Waals surface area contributed by atoms with Crippen molar-refractivity contribution in [3.8, 4) is 6.07 Å². The first-order valence-corrected chi connectivity index (χ1v) is 8.29. The fraction of sp³-hybridized carbons (Fsp3) is 0.350. The molecule has 0 fully saturated rings. The van der Waals surface area contributed by atoms with Gasteiger partial charge in [-0.2, -0.15) is 5.26 Å². The maximum Gasteiger partial charge on any atom is 0.0838 e. The number of nitrogens with zero attached hydrogens (tertiary/aromatic N) is 2. The number of rotatable bonds is 7. The van der Waals surface area contributed by atoms with E-state index in [0.717, 1.165) is 31.4 Å². The minimum absolute atomic E-state index is 0. The third-order valence-electron chi connectivity index (χ3n) is 4.26. The lowest BCUT2D eigenvalue weighted by Gasteiger charge is -2.29. The quantitative estimate of drug-likeness (QED) is 0.684. The standard InChI is InChI=1S/C20H23ClN2.ClH/c1-23(2)14-13-20(16-22,18-9-6-10-19(21)15-18)12-11-17-7-4-3-5-8-17;/h3-10,15H,11-14H2,1-2H3;1H. The van der Waals surface area contributed by atoms with E-state index in [-0.39, 0.29) is 12.4 Å². The van der Waals surface area contributed by atoms with Crippen molar-refractivity contribution < 1.29 is 0 Å². The summed E-state index contributed by atoms with van der Waals surface area (Å²) in [7, 11) is 4.08. The van der Waals surface area contributed by atoms with E-state index in [2.05, 4.69) is 23.1 Å². The molecule has 0 aliphatic heterocycles. The second-order valence-corrected chi connectivity index (χ2v) is 6.68.